The second kappa shape index (κ2) is 36.2. The highest BCUT2D eigenvalue weighted by molar-refractivity contribution is 6.30. The number of piperazine rings is 1. The fourth-order valence-corrected chi connectivity index (χ4v) is 9.19. The zero-order valence-electron chi connectivity index (χ0n) is 50.0. The number of unbranched alkanes of at least 4 members (excludes halogenated alkanes) is 1. The van der Waals surface area contributed by atoms with Gasteiger partial charge in [-0.25, -0.2) is 0 Å². The van der Waals surface area contributed by atoms with Crippen LogP contribution in [0.2, 0.25) is 5.02 Å². The van der Waals surface area contributed by atoms with E-state index in [4.69, 9.17) is 28.8 Å². The van der Waals surface area contributed by atoms with Gasteiger partial charge in [-0.2, -0.15) is 0 Å². The Morgan fingerprint density at radius 2 is 1.49 bits per heavy atom. The number of hydrogen-bond donors (Lipinski definition) is 5. The largest absolute Gasteiger partial charge is 0.399 e. The summed E-state index contributed by atoms with van der Waals surface area (Å²) >= 11 is 5.56. The van der Waals surface area contributed by atoms with Crippen LogP contribution in [0.1, 0.15) is 134 Å². The first-order valence-electron chi connectivity index (χ1n) is 28.6. The van der Waals surface area contributed by atoms with Crippen LogP contribution in [0.5, 0.6) is 0 Å². The van der Waals surface area contributed by atoms with Gasteiger partial charge in [0.2, 0.25) is 17.7 Å². The molecule has 0 spiro atoms. The lowest BCUT2D eigenvalue weighted by Crippen LogP contribution is -2.48. The maximum atomic E-state index is 11.9. The van der Waals surface area contributed by atoms with Gasteiger partial charge < -0.3 is 42.5 Å². The minimum atomic E-state index is -0.179. The molecule has 0 radical (unpaired) electrons. The molecule has 2 saturated heterocycles. The van der Waals surface area contributed by atoms with Crippen LogP contribution in [0.4, 0.5) is 11.4 Å². The number of primary amides is 1. The number of nitrogens with two attached hydrogens (primary N) is 3. The number of likely N-dealkylation sites (tertiary alicyclic amines) is 1. The number of aryl methyl sites for hydroxylation is 1. The van der Waals surface area contributed by atoms with Crippen LogP contribution in [0, 0.1) is 11.3 Å². The average molecular weight is 1120 g/mol. The Bertz CT molecular complexity index is 2530. The number of nitrogens with zero attached hydrogens (tertiary/aromatic N) is 5. The van der Waals surface area contributed by atoms with E-state index in [2.05, 4.69) is 118 Å². The average Bonchev–Trinajstić information content (AvgIpc) is 3.93. The topological polar surface area (TPSA) is 196 Å². The van der Waals surface area contributed by atoms with Crippen molar-refractivity contribution in [1.29, 1.82) is 0 Å². The number of likely N-dealkylation sites (N-methyl/N-ethyl adjacent to an activating group) is 1. The SMILES string of the molecule is C=CNCc1ccc(/C(C)=C(\C)N=CC(C)CC)cc1.CC(=O)N1c2ccc(-c3ccc(C=O)cc3)cc2CC[C@@H]1C.CC(C)(C)CC(=O)N1CCC(N)C1.CNCCN1CCN(CCCCC(N)=O)CC1.Nc1ccc(Cl)cc1. The van der Waals surface area contributed by atoms with Crippen LogP contribution in [0.3, 0.4) is 0 Å². The fourth-order valence-electron chi connectivity index (χ4n) is 9.06. The number of aldehydes is 1. The molecule has 80 heavy (non-hydrogen) atoms. The number of nitrogens with one attached hydrogen (secondary N) is 2. The van der Waals surface area contributed by atoms with Crippen LogP contribution in [0.15, 0.2) is 114 Å². The van der Waals surface area contributed by atoms with Gasteiger partial charge >= 0.3 is 0 Å². The zero-order valence-corrected chi connectivity index (χ0v) is 50.8. The Kier molecular flexibility index (Phi) is 30.9. The minimum absolute atomic E-state index is 0.0871. The highest BCUT2D eigenvalue weighted by Crippen LogP contribution is 2.34. The van der Waals surface area contributed by atoms with Crippen molar-refractivity contribution in [2.75, 3.05) is 76.6 Å². The summed E-state index contributed by atoms with van der Waals surface area (Å²) in [5, 5.41) is 7.00. The minimum Gasteiger partial charge on any atom is -0.399 e. The third-order valence-corrected chi connectivity index (χ3v) is 14.5. The molecule has 3 aliphatic heterocycles. The summed E-state index contributed by atoms with van der Waals surface area (Å²) in [5.74, 6) is 0.698. The first-order valence-corrected chi connectivity index (χ1v) is 29.0. The second-order valence-corrected chi connectivity index (χ2v) is 22.8. The number of amides is 3. The number of halogens is 1. The standard InChI is InChI=1S/C19H19NO2.C18H26N2.C12H26N4O.C10H20N2O.C6H6ClN/c1-13-3-6-18-11-17(9-10-19(18)20(13)14(2)22)16-7-4-15(12-21)5-8-16;1-6-14(3)12-20-16(5)15(4)18-10-8-17(9-11-18)13-19-7-2;1-14-5-7-16-10-8-15(9-11-16)6-3-2-4-12(13)17;1-10(2,3)6-9(13)12-5-4-8(11)7-12;7-5-1-3-6(8)4-2-5/h4-5,7-13H,3,6H2,1-2H3;7-12,14,19H,2,6,13H2,1,3-5H3;14H,2-11H2,1H3,(H2,13,17);8H,4-7,11H2,1-3H3;1-4H,8H2/b;16-15+,20-12?;;;/t13-;;;;/m0..../s1. The maximum Gasteiger partial charge on any atom is 0.224 e. The molecular formula is C65H97ClN10O4. The van der Waals surface area contributed by atoms with E-state index in [0.29, 0.717) is 24.3 Å². The van der Waals surface area contributed by atoms with Crippen LogP contribution in [-0.2, 0) is 27.3 Å². The van der Waals surface area contributed by atoms with Crippen molar-refractivity contribution in [2.24, 2.45) is 27.8 Å². The highest BCUT2D eigenvalue weighted by atomic mass is 35.5. The number of benzene rings is 4. The fraction of sp³-hybridized carbons (Fsp3) is 0.492. The van der Waals surface area contributed by atoms with Gasteiger partial charge in [0.15, 0.2) is 0 Å². The van der Waals surface area contributed by atoms with E-state index < -0.39 is 0 Å². The van der Waals surface area contributed by atoms with Gasteiger partial charge in [-0.3, -0.25) is 29.1 Å². The first kappa shape index (κ1) is 68.1. The molecule has 7 rings (SSSR count). The molecule has 3 aliphatic rings. The third-order valence-electron chi connectivity index (χ3n) is 14.3. The van der Waals surface area contributed by atoms with Crippen molar-refractivity contribution in [3.8, 4) is 11.1 Å². The molecule has 0 saturated carbocycles. The van der Waals surface area contributed by atoms with Crippen molar-refractivity contribution < 1.29 is 19.2 Å². The Labute approximate surface area is 485 Å². The summed E-state index contributed by atoms with van der Waals surface area (Å²) in [5.41, 5.74) is 27.0. The van der Waals surface area contributed by atoms with E-state index in [1.165, 1.54) is 22.3 Å². The molecule has 0 aromatic heterocycles. The predicted molar refractivity (Wildman–Crippen MR) is 337 cm³/mol. The van der Waals surface area contributed by atoms with Gasteiger partial charge in [0, 0.05) is 125 Å². The van der Waals surface area contributed by atoms with Gasteiger partial charge in [0.05, 0.1) is 0 Å². The molecule has 2 fully saturated rings. The Hall–Kier alpha value is -6.16. The Morgan fingerprint density at radius 3 is 2.01 bits per heavy atom. The van der Waals surface area contributed by atoms with Gasteiger partial charge in [-0.05, 0) is 160 Å². The smallest absolute Gasteiger partial charge is 0.224 e. The van der Waals surface area contributed by atoms with E-state index in [-0.39, 0.29) is 35.2 Å². The number of allylic oxidation sites excluding steroid dienone is 2. The van der Waals surface area contributed by atoms with Crippen molar-refractivity contribution in [3.05, 3.63) is 137 Å². The number of carbonyl (C=O) groups excluding carboxylic acids is 4. The van der Waals surface area contributed by atoms with E-state index in [1.54, 1.807) is 37.4 Å². The lowest BCUT2D eigenvalue weighted by Gasteiger charge is -2.34. The molecule has 3 amide bonds. The molecule has 438 valence electrons. The Balaban J connectivity index is 0.000000271. The van der Waals surface area contributed by atoms with Crippen LogP contribution < -0.4 is 32.7 Å². The number of rotatable bonds is 18. The normalized spacial score (nSPS) is 16.9. The second-order valence-electron chi connectivity index (χ2n) is 22.4. The molecule has 8 N–H and O–H groups in total. The number of nitrogen functional groups attached to an aromatic ring is 1. The summed E-state index contributed by atoms with van der Waals surface area (Å²) in [6.07, 6.45) is 11.8. The van der Waals surface area contributed by atoms with E-state index >= 15 is 0 Å². The lowest BCUT2D eigenvalue weighted by molar-refractivity contribution is -0.132. The number of carbonyl (C=O) groups is 4. The van der Waals surface area contributed by atoms with Gasteiger partial charge in [-0.1, -0.05) is 107 Å². The van der Waals surface area contributed by atoms with E-state index in [0.717, 1.165) is 143 Å². The summed E-state index contributed by atoms with van der Waals surface area (Å²) in [6.45, 7) is 32.5. The first-order chi connectivity index (χ1) is 38.1. The van der Waals surface area contributed by atoms with Crippen LogP contribution in [0.25, 0.3) is 16.7 Å². The van der Waals surface area contributed by atoms with Gasteiger partial charge in [-0.15, -0.1) is 0 Å². The molecule has 3 atom stereocenters. The molecule has 4 aromatic carbocycles. The highest BCUT2D eigenvalue weighted by Gasteiger charge is 2.28. The number of fused-ring (bicyclic) bond motifs is 1. The van der Waals surface area contributed by atoms with E-state index in [9.17, 15) is 19.2 Å². The van der Waals surface area contributed by atoms with Crippen molar-refractivity contribution in [3.63, 3.8) is 0 Å². The molecule has 2 unspecified atom stereocenters. The summed E-state index contributed by atoms with van der Waals surface area (Å²) < 4.78 is 0. The monoisotopic (exact) mass is 1120 g/mol. The van der Waals surface area contributed by atoms with Gasteiger partial charge in [0.1, 0.15) is 6.29 Å². The number of hydrogen-bond acceptors (Lipinski definition) is 11. The maximum absolute atomic E-state index is 11.9. The van der Waals surface area contributed by atoms with Crippen molar-refractivity contribution in [2.45, 2.75) is 132 Å². The molecule has 0 bridgehead atoms. The molecular weight excluding hydrogens is 1020 g/mol. The quantitative estimate of drug-likeness (QED) is 0.0277. The van der Waals surface area contributed by atoms with Crippen molar-refractivity contribution >= 4 is 58.8 Å². The van der Waals surface area contributed by atoms with Gasteiger partial charge in [0.25, 0.3) is 0 Å². The van der Waals surface area contributed by atoms with Crippen LogP contribution in [-0.4, -0.2) is 123 Å². The number of anilines is 2. The van der Waals surface area contributed by atoms with E-state index in [1.807, 2.05) is 59.5 Å². The predicted octanol–water partition coefficient (Wildman–Crippen LogP) is 11.0. The Morgan fingerprint density at radius 1 is 0.863 bits per heavy atom. The molecule has 3 heterocycles. The summed E-state index contributed by atoms with van der Waals surface area (Å²) in [4.78, 5) is 58.2. The molecule has 0 aliphatic carbocycles. The molecule has 14 nitrogen and oxygen atoms in total. The summed E-state index contributed by atoms with van der Waals surface area (Å²) in [6, 6.07) is 29.9. The zero-order chi connectivity index (χ0) is 59.2. The number of aliphatic imine (C=N–C) groups is 1. The van der Waals surface area contributed by atoms with Crippen LogP contribution >= 0.6 is 11.6 Å². The lowest BCUT2D eigenvalue weighted by atomic mass is 9.92. The summed E-state index contributed by atoms with van der Waals surface area (Å²) in [7, 11) is 2.00. The molecule has 15 heteroatoms. The molecule has 4 aromatic rings. The van der Waals surface area contributed by atoms with Crippen molar-refractivity contribution in [1.82, 2.24) is 25.3 Å². The third kappa shape index (κ3) is 26.0.